The Morgan fingerprint density at radius 2 is 1.73 bits per heavy atom. The van der Waals surface area contributed by atoms with Crippen molar-refractivity contribution in [3.8, 4) is 0 Å². The van der Waals surface area contributed by atoms with Crippen molar-refractivity contribution in [2.45, 2.75) is 69.9 Å². The fourth-order valence-corrected chi connectivity index (χ4v) is 4.34. The fourth-order valence-electron chi connectivity index (χ4n) is 4.34. The van der Waals surface area contributed by atoms with Crippen molar-refractivity contribution in [3.63, 3.8) is 0 Å². The van der Waals surface area contributed by atoms with E-state index in [-0.39, 0.29) is 6.61 Å². The highest BCUT2D eigenvalue weighted by molar-refractivity contribution is 4.96. The van der Waals surface area contributed by atoms with E-state index >= 15 is 0 Å². The number of hydrogen-bond donors (Lipinski definition) is 2. The molecule has 0 radical (unpaired) electrons. The molecule has 1 aliphatic carbocycles. The lowest BCUT2D eigenvalue weighted by molar-refractivity contribution is 0.0309. The number of piperidine rings is 1. The van der Waals surface area contributed by atoms with Gasteiger partial charge in [-0.25, -0.2) is 0 Å². The van der Waals surface area contributed by atoms with Gasteiger partial charge in [0.1, 0.15) is 0 Å². The summed E-state index contributed by atoms with van der Waals surface area (Å²) in [6, 6.07) is 0.486. The summed E-state index contributed by atoms with van der Waals surface area (Å²) in [4.78, 5) is 5.03. The molecule has 1 heterocycles. The van der Waals surface area contributed by atoms with Crippen molar-refractivity contribution in [2.24, 2.45) is 0 Å². The summed E-state index contributed by atoms with van der Waals surface area (Å²) in [5.74, 6) is 0. The molecule has 22 heavy (non-hydrogen) atoms. The molecule has 2 aliphatic rings. The predicted molar refractivity (Wildman–Crippen MR) is 93.3 cm³/mol. The molecular weight excluding hydrogens is 274 g/mol. The molecule has 2 fully saturated rings. The molecule has 4 nitrogen and oxygen atoms in total. The van der Waals surface area contributed by atoms with Gasteiger partial charge in [-0.15, -0.1) is 0 Å². The first-order valence-corrected chi connectivity index (χ1v) is 9.44. The predicted octanol–water partition coefficient (Wildman–Crippen LogP) is 2.08. The lowest BCUT2D eigenvalue weighted by atomic mass is 9.79. The van der Waals surface area contributed by atoms with Gasteiger partial charge in [0.25, 0.3) is 0 Å². The minimum atomic E-state index is 0.251. The van der Waals surface area contributed by atoms with Crippen LogP contribution in [0.2, 0.25) is 0 Å². The highest BCUT2D eigenvalue weighted by atomic mass is 16.3. The molecule has 0 aromatic rings. The molecule has 4 heteroatoms. The smallest absolute Gasteiger partial charge is 0.0558 e. The van der Waals surface area contributed by atoms with Crippen LogP contribution in [0.4, 0.5) is 0 Å². The molecule has 1 atom stereocenters. The average Bonchev–Trinajstić information content (AvgIpc) is 2.55. The van der Waals surface area contributed by atoms with Gasteiger partial charge < -0.3 is 15.3 Å². The quantitative estimate of drug-likeness (QED) is 0.720. The Hall–Kier alpha value is -0.160. The van der Waals surface area contributed by atoms with Gasteiger partial charge in [0, 0.05) is 31.2 Å². The zero-order valence-electron chi connectivity index (χ0n) is 14.8. The molecule has 1 unspecified atom stereocenters. The molecule has 0 aromatic carbocycles. The third kappa shape index (κ3) is 5.19. The van der Waals surface area contributed by atoms with Gasteiger partial charge in [0.15, 0.2) is 0 Å². The van der Waals surface area contributed by atoms with Crippen molar-refractivity contribution >= 4 is 0 Å². The fraction of sp³-hybridized carbons (Fsp3) is 1.00. The summed E-state index contributed by atoms with van der Waals surface area (Å²) < 4.78 is 0. The van der Waals surface area contributed by atoms with E-state index in [0.29, 0.717) is 11.6 Å². The molecule has 2 rings (SSSR count). The largest absolute Gasteiger partial charge is 0.395 e. The van der Waals surface area contributed by atoms with Crippen molar-refractivity contribution in [1.29, 1.82) is 0 Å². The van der Waals surface area contributed by atoms with Crippen molar-refractivity contribution in [1.82, 2.24) is 15.1 Å². The Bertz CT molecular complexity index is 299. The normalized spacial score (nSPS) is 24.5. The van der Waals surface area contributed by atoms with Gasteiger partial charge >= 0.3 is 0 Å². The summed E-state index contributed by atoms with van der Waals surface area (Å²) in [7, 11) is 2.09. The number of aliphatic hydroxyl groups is 1. The maximum atomic E-state index is 9.03. The van der Waals surface area contributed by atoms with Crippen molar-refractivity contribution < 1.29 is 5.11 Å². The summed E-state index contributed by atoms with van der Waals surface area (Å²) in [5.41, 5.74) is 0.419. The molecule has 2 N–H and O–H groups in total. The van der Waals surface area contributed by atoms with E-state index in [0.717, 1.165) is 19.6 Å². The van der Waals surface area contributed by atoms with E-state index in [9.17, 15) is 0 Å². The van der Waals surface area contributed by atoms with Gasteiger partial charge in [0.05, 0.1) is 6.61 Å². The summed E-state index contributed by atoms with van der Waals surface area (Å²) >= 11 is 0. The Kier molecular flexibility index (Phi) is 7.61. The number of rotatable bonds is 8. The molecule has 0 spiro atoms. The standard InChI is InChI=1S/C18H37N3O/c1-17(15-20(2)13-14-22)19-16-18(9-5-3-6-10-18)21-11-7-4-8-12-21/h17,19,22H,3-16H2,1-2H3. The first kappa shape index (κ1) is 18.2. The van der Waals surface area contributed by atoms with Crippen LogP contribution in [-0.4, -0.2) is 72.9 Å². The third-order valence-electron chi connectivity index (χ3n) is 5.66. The van der Waals surface area contributed by atoms with Crippen LogP contribution in [-0.2, 0) is 0 Å². The Morgan fingerprint density at radius 1 is 1.09 bits per heavy atom. The SMILES string of the molecule is CC(CN(C)CCO)NCC1(N2CCCCC2)CCCCC1. The molecule has 1 saturated heterocycles. The zero-order chi connectivity index (χ0) is 15.8. The second-order valence-corrected chi connectivity index (χ2v) is 7.60. The van der Waals surface area contributed by atoms with Crippen LogP contribution >= 0.6 is 0 Å². The minimum absolute atomic E-state index is 0.251. The van der Waals surface area contributed by atoms with Gasteiger partial charge in [-0.1, -0.05) is 25.7 Å². The number of likely N-dealkylation sites (N-methyl/N-ethyl adjacent to an activating group) is 1. The van der Waals surface area contributed by atoms with Crippen LogP contribution in [0.3, 0.4) is 0 Å². The van der Waals surface area contributed by atoms with Gasteiger partial charge in [-0.3, -0.25) is 4.90 Å². The highest BCUT2D eigenvalue weighted by Gasteiger charge is 2.38. The van der Waals surface area contributed by atoms with Crippen LogP contribution in [0.15, 0.2) is 0 Å². The molecule has 0 amide bonds. The van der Waals surface area contributed by atoms with Gasteiger partial charge in [0.2, 0.25) is 0 Å². The van der Waals surface area contributed by atoms with Crippen LogP contribution in [0.1, 0.15) is 58.3 Å². The monoisotopic (exact) mass is 311 g/mol. The number of hydrogen-bond acceptors (Lipinski definition) is 4. The van der Waals surface area contributed by atoms with E-state index in [1.807, 2.05) is 0 Å². The third-order valence-corrected chi connectivity index (χ3v) is 5.66. The maximum absolute atomic E-state index is 9.03. The van der Waals surface area contributed by atoms with Crippen molar-refractivity contribution in [3.05, 3.63) is 0 Å². The first-order chi connectivity index (χ1) is 10.7. The van der Waals surface area contributed by atoms with Crippen LogP contribution in [0.25, 0.3) is 0 Å². The number of nitrogens with zero attached hydrogens (tertiary/aromatic N) is 2. The van der Waals surface area contributed by atoms with Gasteiger partial charge in [-0.05, 0) is 52.7 Å². The van der Waals surface area contributed by atoms with Gasteiger partial charge in [-0.2, -0.15) is 0 Å². The molecule has 1 saturated carbocycles. The highest BCUT2D eigenvalue weighted by Crippen LogP contribution is 2.35. The molecule has 0 aromatic heterocycles. The second-order valence-electron chi connectivity index (χ2n) is 7.60. The summed E-state index contributed by atoms with van der Waals surface area (Å²) in [5, 5.41) is 12.8. The van der Waals surface area contributed by atoms with Crippen LogP contribution in [0.5, 0.6) is 0 Å². The van der Waals surface area contributed by atoms with E-state index < -0.39 is 0 Å². The Balaban J connectivity index is 1.86. The minimum Gasteiger partial charge on any atom is -0.395 e. The average molecular weight is 312 g/mol. The van der Waals surface area contributed by atoms with E-state index in [1.165, 1.54) is 64.5 Å². The van der Waals surface area contributed by atoms with E-state index in [1.54, 1.807) is 0 Å². The molecule has 1 aliphatic heterocycles. The second kappa shape index (κ2) is 9.21. The maximum Gasteiger partial charge on any atom is 0.0558 e. The van der Waals surface area contributed by atoms with E-state index in [2.05, 4.69) is 29.1 Å². The zero-order valence-corrected chi connectivity index (χ0v) is 14.8. The number of likely N-dealkylation sites (tertiary alicyclic amines) is 1. The number of nitrogens with one attached hydrogen (secondary N) is 1. The summed E-state index contributed by atoms with van der Waals surface area (Å²) in [6.07, 6.45) is 11.2. The Morgan fingerprint density at radius 3 is 2.36 bits per heavy atom. The first-order valence-electron chi connectivity index (χ1n) is 9.44. The van der Waals surface area contributed by atoms with E-state index in [4.69, 9.17) is 5.11 Å². The number of aliphatic hydroxyl groups excluding tert-OH is 1. The molecular formula is C18H37N3O. The van der Waals surface area contributed by atoms with Crippen molar-refractivity contribution in [2.75, 3.05) is 46.4 Å². The lowest BCUT2D eigenvalue weighted by Gasteiger charge is -2.49. The Labute approximate surface area is 137 Å². The summed E-state index contributed by atoms with van der Waals surface area (Å²) in [6.45, 7) is 8.06. The molecule has 130 valence electrons. The lowest BCUT2D eigenvalue weighted by Crippen LogP contribution is -2.59. The van der Waals surface area contributed by atoms with Crippen LogP contribution < -0.4 is 5.32 Å². The topological polar surface area (TPSA) is 38.7 Å². The van der Waals surface area contributed by atoms with Crippen LogP contribution in [0, 0.1) is 0 Å². The molecule has 0 bridgehead atoms.